The van der Waals surface area contributed by atoms with Crippen LogP contribution in [0.4, 0.5) is 0 Å². The zero-order valence-corrected chi connectivity index (χ0v) is 11.3. The number of amides is 1. The Morgan fingerprint density at radius 3 is 2.47 bits per heavy atom. The van der Waals surface area contributed by atoms with Crippen molar-refractivity contribution in [3.63, 3.8) is 0 Å². The summed E-state index contributed by atoms with van der Waals surface area (Å²) >= 11 is 0. The predicted molar refractivity (Wildman–Crippen MR) is 69.3 cm³/mol. The number of nitrogens with one attached hydrogen (secondary N) is 1. The molecule has 0 bridgehead atoms. The van der Waals surface area contributed by atoms with Gasteiger partial charge in [-0.2, -0.15) is 0 Å². The van der Waals surface area contributed by atoms with E-state index in [9.17, 15) is 4.79 Å². The van der Waals surface area contributed by atoms with E-state index in [4.69, 9.17) is 5.84 Å². The van der Waals surface area contributed by atoms with E-state index in [-0.39, 0.29) is 17.9 Å². The van der Waals surface area contributed by atoms with E-state index in [1.54, 1.807) is 0 Å². The molecule has 5 nitrogen and oxygen atoms in total. The predicted octanol–water partition coefficient (Wildman–Crippen LogP) is 0.0285. The summed E-state index contributed by atoms with van der Waals surface area (Å²) in [7, 11) is 2.00. The molecule has 1 rings (SSSR count). The Labute approximate surface area is 104 Å². The topological polar surface area (TPSA) is 61.6 Å². The lowest BCUT2D eigenvalue weighted by Crippen LogP contribution is -2.51. The Balaban J connectivity index is 2.41. The molecule has 1 saturated heterocycles. The second-order valence-electron chi connectivity index (χ2n) is 5.23. The van der Waals surface area contributed by atoms with Crippen LogP contribution in [0.5, 0.6) is 0 Å². The minimum atomic E-state index is -0.136. The average molecular weight is 242 g/mol. The van der Waals surface area contributed by atoms with Gasteiger partial charge in [0.2, 0.25) is 0 Å². The van der Waals surface area contributed by atoms with Crippen LogP contribution in [0.25, 0.3) is 0 Å². The Morgan fingerprint density at radius 1 is 1.41 bits per heavy atom. The highest BCUT2D eigenvalue weighted by atomic mass is 16.2. The third-order valence-electron chi connectivity index (χ3n) is 3.48. The SMILES string of the molecule is CC(C)C(C(=O)NN)N(C)CCN1CCCC1. The number of rotatable bonds is 6. The van der Waals surface area contributed by atoms with Crippen LogP contribution >= 0.6 is 0 Å². The van der Waals surface area contributed by atoms with Gasteiger partial charge < -0.3 is 4.90 Å². The first-order chi connectivity index (χ1) is 8.06. The van der Waals surface area contributed by atoms with Gasteiger partial charge in [-0.15, -0.1) is 0 Å². The first-order valence-corrected chi connectivity index (χ1v) is 6.49. The lowest BCUT2D eigenvalue weighted by molar-refractivity contribution is -0.127. The van der Waals surface area contributed by atoms with Crippen LogP contribution in [0.3, 0.4) is 0 Å². The third-order valence-corrected chi connectivity index (χ3v) is 3.48. The summed E-state index contributed by atoms with van der Waals surface area (Å²) in [6.45, 7) is 8.44. The molecular formula is C12H26N4O. The highest BCUT2D eigenvalue weighted by Gasteiger charge is 2.26. The summed E-state index contributed by atoms with van der Waals surface area (Å²) in [5, 5.41) is 0. The zero-order valence-electron chi connectivity index (χ0n) is 11.3. The highest BCUT2D eigenvalue weighted by Crippen LogP contribution is 2.11. The number of carbonyl (C=O) groups excluding carboxylic acids is 1. The van der Waals surface area contributed by atoms with E-state index in [1.165, 1.54) is 25.9 Å². The van der Waals surface area contributed by atoms with Crippen LogP contribution in [0.2, 0.25) is 0 Å². The summed E-state index contributed by atoms with van der Waals surface area (Å²) in [5.74, 6) is 5.40. The van der Waals surface area contributed by atoms with Crippen molar-refractivity contribution in [2.75, 3.05) is 33.2 Å². The molecule has 0 aromatic carbocycles. The fraction of sp³-hybridized carbons (Fsp3) is 0.917. The van der Waals surface area contributed by atoms with Gasteiger partial charge in [-0.1, -0.05) is 13.8 Å². The van der Waals surface area contributed by atoms with E-state index < -0.39 is 0 Å². The quantitative estimate of drug-likeness (QED) is 0.392. The molecule has 100 valence electrons. The number of nitrogens with two attached hydrogens (primary N) is 1. The van der Waals surface area contributed by atoms with Crippen molar-refractivity contribution in [1.29, 1.82) is 0 Å². The van der Waals surface area contributed by atoms with Crippen molar-refractivity contribution in [1.82, 2.24) is 15.2 Å². The minimum absolute atomic E-state index is 0.0936. The van der Waals surface area contributed by atoms with Gasteiger partial charge in [0.15, 0.2) is 0 Å². The monoisotopic (exact) mass is 242 g/mol. The number of likely N-dealkylation sites (N-methyl/N-ethyl adjacent to an activating group) is 1. The van der Waals surface area contributed by atoms with Gasteiger partial charge >= 0.3 is 0 Å². The maximum absolute atomic E-state index is 11.7. The maximum atomic E-state index is 11.7. The Morgan fingerprint density at radius 2 is 2.00 bits per heavy atom. The number of nitrogens with zero attached hydrogens (tertiary/aromatic N) is 2. The van der Waals surface area contributed by atoms with Crippen LogP contribution in [0.1, 0.15) is 26.7 Å². The second-order valence-corrected chi connectivity index (χ2v) is 5.23. The van der Waals surface area contributed by atoms with E-state index in [0.29, 0.717) is 0 Å². The highest BCUT2D eigenvalue weighted by molar-refractivity contribution is 5.81. The number of hydrogen-bond donors (Lipinski definition) is 2. The molecule has 0 spiro atoms. The Kier molecular flexibility index (Phi) is 5.88. The summed E-state index contributed by atoms with van der Waals surface area (Å²) in [6.07, 6.45) is 2.61. The number of hydrogen-bond acceptors (Lipinski definition) is 4. The summed E-state index contributed by atoms with van der Waals surface area (Å²) in [5.41, 5.74) is 2.26. The summed E-state index contributed by atoms with van der Waals surface area (Å²) < 4.78 is 0. The Bertz CT molecular complexity index is 239. The van der Waals surface area contributed by atoms with E-state index in [1.807, 2.05) is 20.9 Å². The first-order valence-electron chi connectivity index (χ1n) is 6.49. The second kappa shape index (κ2) is 6.93. The molecule has 0 aromatic heterocycles. The largest absolute Gasteiger partial charge is 0.302 e. The van der Waals surface area contributed by atoms with Gasteiger partial charge in [0.25, 0.3) is 5.91 Å². The molecular weight excluding hydrogens is 216 g/mol. The molecule has 0 aliphatic carbocycles. The molecule has 1 amide bonds. The van der Waals surface area contributed by atoms with Crippen molar-refractivity contribution >= 4 is 5.91 Å². The van der Waals surface area contributed by atoms with E-state index in [0.717, 1.165) is 13.1 Å². The molecule has 1 aliphatic heterocycles. The fourth-order valence-corrected chi connectivity index (χ4v) is 2.54. The molecule has 0 saturated carbocycles. The lowest BCUT2D eigenvalue weighted by atomic mass is 10.0. The fourth-order valence-electron chi connectivity index (χ4n) is 2.54. The molecule has 17 heavy (non-hydrogen) atoms. The van der Waals surface area contributed by atoms with Gasteiger partial charge in [0.1, 0.15) is 0 Å². The molecule has 3 N–H and O–H groups in total. The Hall–Kier alpha value is -0.650. The van der Waals surface area contributed by atoms with Gasteiger partial charge in [0.05, 0.1) is 6.04 Å². The number of hydrazine groups is 1. The number of likely N-dealkylation sites (tertiary alicyclic amines) is 1. The van der Waals surface area contributed by atoms with Crippen molar-refractivity contribution < 1.29 is 4.79 Å². The van der Waals surface area contributed by atoms with Crippen molar-refractivity contribution in [2.24, 2.45) is 11.8 Å². The molecule has 1 fully saturated rings. The third kappa shape index (κ3) is 4.26. The molecule has 0 radical (unpaired) electrons. The molecule has 1 heterocycles. The van der Waals surface area contributed by atoms with Crippen LogP contribution < -0.4 is 11.3 Å². The van der Waals surface area contributed by atoms with Gasteiger partial charge in [-0.3, -0.25) is 15.1 Å². The minimum Gasteiger partial charge on any atom is -0.302 e. The summed E-state index contributed by atoms with van der Waals surface area (Å²) in [6, 6.07) is -0.136. The molecule has 1 atom stereocenters. The molecule has 1 aliphatic rings. The number of carbonyl (C=O) groups is 1. The molecule has 5 heteroatoms. The normalized spacial score (nSPS) is 18.9. The van der Waals surface area contributed by atoms with Gasteiger partial charge in [-0.25, -0.2) is 5.84 Å². The zero-order chi connectivity index (χ0) is 12.8. The van der Waals surface area contributed by atoms with Crippen LogP contribution in [-0.2, 0) is 4.79 Å². The first kappa shape index (κ1) is 14.4. The standard InChI is InChI=1S/C12H26N4O/c1-10(2)11(12(17)14-13)15(3)8-9-16-6-4-5-7-16/h10-11H,4-9,13H2,1-3H3,(H,14,17). The average Bonchev–Trinajstić information content (AvgIpc) is 2.78. The molecule has 1 unspecified atom stereocenters. The van der Waals surface area contributed by atoms with Crippen LogP contribution in [0, 0.1) is 5.92 Å². The van der Waals surface area contributed by atoms with E-state index >= 15 is 0 Å². The smallest absolute Gasteiger partial charge is 0.251 e. The van der Waals surface area contributed by atoms with Gasteiger partial charge in [0, 0.05) is 13.1 Å². The van der Waals surface area contributed by atoms with Gasteiger partial charge in [-0.05, 0) is 38.9 Å². The van der Waals surface area contributed by atoms with Crippen LogP contribution in [-0.4, -0.2) is 55.0 Å². The van der Waals surface area contributed by atoms with Crippen LogP contribution in [0.15, 0.2) is 0 Å². The van der Waals surface area contributed by atoms with E-state index in [2.05, 4.69) is 15.2 Å². The maximum Gasteiger partial charge on any atom is 0.251 e. The van der Waals surface area contributed by atoms with Crippen molar-refractivity contribution in [3.05, 3.63) is 0 Å². The van der Waals surface area contributed by atoms with Crippen molar-refractivity contribution in [2.45, 2.75) is 32.7 Å². The molecule has 0 aromatic rings. The summed E-state index contributed by atoms with van der Waals surface area (Å²) in [4.78, 5) is 16.3. The van der Waals surface area contributed by atoms with Crippen molar-refractivity contribution in [3.8, 4) is 0 Å². The lowest BCUT2D eigenvalue weighted by Gasteiger charge is -2.30.